The quantitative estimate of drug-likeness (QED) is 0.325. The molecule has 0 amide bonds. The van der Waals surface area contributed by atoms with Crippen molar-refractivity contribution in [3.05, 3.63) is 112 Å². The second-order valence-corrected chi connectivity index (χ2v) is 11.6. The van der Waals surface area contributed by atoms with E-state index in [-0.39, 0.29) is 11.2 Å². The maximum atomic E-state index is 13.5. The van der Waals surface area contributed by atoms with Crippen molar-refractivity contribution in [3.63, 3.8) is 0 Å². The first-order valence-electron chi connectivity index (χ1n) is 12.0. The van der Waals surface area contributed by atoms with Gasteiger partial charge in [-0.25, -0.2) is 9.00 Å². The Bertz CT molecular complexity index is 1980. The van der Waals surface area contributed by atoms with Crippen molar-refractivity contribution in [2.24, 2.45) is 14.1 Å². The standard InChI is InChI=1S/C29H24N4O3S2/c1-18-9-11-20(12-10-18)38(36)33-16-15-21-23(17-31(2)28(34)26(21)33)22-13-14-24-25(30-29(35)32(24)3)27(22)37-19-7-5-4-6-8-19/h4-17H,1-3H3,(H,30,35). The number of hydrogen-bond acceptors (Lipinski definition) is 4. The second kappa shape index (κ2) is 9.34. The van der Waals surface area contributed by atoms with E-state index in [1.807, 2.05) is 79.7 Å². The SMILES string of the molecule is Cc1ccc(S(=O)n2ccc3c(-c4ccc5c([nH]c(=O)n5C)c4Sc4ccccc4)cn(C)c(=O)c32)cc1. The van der Waals surface area contributed by atoms with Gasteiger partial charge in [0.05, 0.1) is 15.9 Å². The van der Waals surface area contributed by atoms with Crippen LogP contribution in [-0.2, 0) is 25.1 Å². The number of H-pyrrole nitrogens is 1. The lowest BCUT2D eigenvalue weighted by Crippen LogP contribution is -2.20. The molecule has 0 radical (unpaired) electrons. The molecule has 0 spiro atoms. The van der Waals surface area contributed by atoms with Crippen LogP contribution in [0.2, 0.25) is 0 Å². The summed E-state index contributed by atoms with van der Waals surface area (Å²) < 4.78 is 18.2. The summed E-state index contributed by atoms with van der Waals surface area (Å²) in [5.41, 5.74) is 4.20. The van der Waals surface area contributed by atoms with Crippen LogP contribution in [0.5, 0.6) is 0 Å². The van der Waals surface area contributed by atoms with Crippen molar-refractivity contribution in [2.75, 3.05) is 0 Å². The molecule has 3 heterocycles. The summed E-state index contributed by atoms with van der Waals surface area (Å²) in [6, 6.07) is 23.1. The van der Waals surface area contributed by atoms with Crippen LogP contribution in [0.25, 0.3) is 33.1 Å². The summed E-state index contributed by atoms with van der Waals surface area (Å²) >= 11 is 1.55. The average Bonchev–Trinajstić information content (AvgIpc) is 3.49. The van der Waals surface area contributed by atoms with Gasteiger partial charge in [-0.2, -0.15) is 0 Å². The molecule has 38 heavy (non-hydrogen) atoms. The third kappa shape index (κ3) is 3.95. The van der Waals surface area contributed by atoms with Gasteiger partial charge in [0, 0.05) is 52.8 Å². The summed E-state index contributed by atoms with van der Waals surface area (Å²) in [5, 5.41) is 0.695. The van der Waals surface area contributed by atoms with Crippen molar-refractivity contribution in [2.45, 2.75) is 21.6 Å². The summed E-state index contributed by atoms with van der Waals surface area (Å²) in [6.07, 6.45) is 3.51. The van der Waals surface area contributed by atoms with Crippen molar-refractivity contribution in [1.29, 1.82) is 0 Å². The Balaban J connectivity index is 1.62. The average molecular weight is 541 g/mol. The number of benzene rings is 3. The van der Waals surface area contributed by atoms with Crippen LogP contribution in [0.15, 0.2) is 109 Å². The molecule has 7 nitrogen and oxygen atoms in total. The fourth-order valence-electron chi connectivity index (χ4n) is 4.65. The van der Waals surface area contributed by atoms with Crippen LogP contribution in [0, 0.1) is 6.92 Å². The predicted octanol–water partition coefficient (Wildman–Crippen LogP) is 5.22. The molecule has 0 saturated heterocycles. The van der Waals surface area contributed by atoms with Crippen molar-refractivity contribution >= 4 is 44.7 Å². The van der Waals surface area contributed by atoms with Crippen LogP contribution >= 0.6 is 11.8 Å². The van der Waals surface area contributed by atoms with Gasteiger partial charge in [0.25, 0.3) is 5.56 Å². The van der Waals surface area contributed by atoms with Gasteiger partial charge in [-0.3, -0.25) is 13.3 Å². The molecular formula is C29H24N4O3S2. The Morgan fingerprint density at radius 1 is 0.868 bits per heavy atom. The molecule has 190 valence electrons. The molecule has 0 aliphatic heterocycles. The molecule has 0 bridgehead atoms. The van der Waals surface area contributed by atoms with Gasteiger partial charge in [0.1, 0.15) is 5.52 Å². The molecule has 0 aliphatic rings. The highest BCUT2D eigenvalue weighted by atomic mass is 32.2. The van der Waals surface area contributed by atoms with Gasteiger partial charge < -0.3 is 9.55 Å². The molecule has 0 aliphatic carbocycles. The molecule has 1 atom stereocenters. The summed E-state index contributed by atoms with van der Waals surface area (Å²) in [4.78, 5) is 31.4. The van der Waals surface area contributed by atoms with E-state index in [1.54, 1.807) is 46.8 Å². The molecule has 3 aromatic heterocycles. The minimum Gasteiger partial charge on any atom is -0.316 e. The minimum absolute atomic E-state index is 0.197. The Hall–Kier alpha value is -4.08. The highest BCUT2D eigenvalue weighted by molar-refractivity contribution is 7.99. The van der Waals surface area contributed by atoms with Crippen LogP contribution in [0.4, 0.5) is 0 Å². The zero-order chi connectivity index (χ0) is 26.6. The summed E-state index contributed by atoms with van der Waals surface area (Å²) in [6.45, 7) is 1.97. The van der Waals surface area contributed by atoms with Gasteiger partial charge in [0.15, 0.2) is 11.0 Å². The zero-order valence-corrected chi connectivity index (χ0v) is 22.6. The Kier molecular flexibility index (Phi) is 5.97. The first kappa shape index (κ1) is 24.3. The smallest absolute Gasteiger partial charge is 0.316 e. The monoisotopic (exact) mass is 540 g/mol. The Labute approximate surface area is 225 Å². The number of aromatic nitrogens is 4. The molecular weight excluding hydrogens is 516 g/mol. The number of imidazole rings is 1. The lowest BCUT2D eigenvalue weighted by atomic mass is 10.0. The Morgan fingerprint density at radius 2 is 1.61 bits per heavy atom. The fraction of sp³-hybridized carbons (Fsp3) is 0.103. The number of nitrogens with one attached hydrogen (secondary N) is 1. The van der Waals surface area contributed by atoms with Gasteiger partial charge in [-0.05, 0) is 43.3 Å². The first-order valence-corrected chi connectivity index (χ1v) is 13.9. The number of rotatable bonds is 5. The lowest BCUT2D eigenvalue weighted by Gasteiger charge is -2.14. The lowest BCUT2D eigenvalue weighted by molar-refractivity contribution is 0.678. The van der Waals surface area contributed by atoms with Crippen molar-refractivity contribution in [1.82, 2.24) is 18.1 Å². The van der Waals surface area contributed by atoms with Gasteiger partial charge >= 0.3 is 5.69 Å². The van der Waals surface area contributed by atoms with E-state index in [0.29, 0.717) is 15.8 Å². The molecule has 1 unspecified atom stereocenters. The van der Waals surface area contributed by atoms with E-state index in [9.17, 15) is 13.8 Å². The topological polar surface area (TPSA) is 81.8 Å². The van der Waals surface area contributed by atoms with Crippen LogP contribution in [0.3, 0.4) is 0 Å². The number of aromatic amines is 1. The van der Waals surface area contributed by atoms with E-state index in [2.05, 4.69) is 4.98 Å². The third-order valence-electron chi connectivity index (χ3n) is 6.68. The maximum absolute atomic E-state index is 13.5. The fourth-order valence-corrected chi connectivity index (χ4v) is 6.83. The Morgan fingerprint density at radius 3 is 2.34 bits per heavy atom. The van der Waals surface area contributed by atoms with E-state index in [4.69, 9.17) is 0 Å². The summed E-state index contributed by atoms with van der Waals surface area (Å²) in [7, 11) is 1.84. The largest absolute Gasteiger partial charge is 0.326 e. The van der Waals surface area contributed by atoms with Gasteiger partial charge in [-0.1, -0.05) is 53.7 Å². The number of pyridine rings is 1. The molecule has 6 rings (SSSR count). The molecule has 6 aromatic rings. The number of hydrogen-bond donors (Lipinski definition) is 1. The highest BCUT2D eigenvalue weighted by Gasteiger charge is 2.21. The number of fused-ring (bicyclic) bond motifs is 2. The first-order chi connectivity index (χ1) is 18.3. The molecule has 9 heteroatoms. The molecule has 3 aromatic carbocycles. The van der Waals surface area contributed by atoms with Crippen molar-refractivity contribution < 1.29 is 4.21 Å². The molecule has 0 saturated carbocycles. The molecule has 1 N–H and O–H groups in total. The molecule has 0 fully saturated rings. The second-order valence-electron chi connectivity index (χ2n) is 9.17. The number of aryl methyl sites for hydroxylation is 3. The maximum Gasteiger partial charge on any atom is 0.326 e. The normalized spacial score (nSPS) is 12.4. The van der Waals surface area contributed by atoms with Gasteiger partial charge in [0.2, 0.25) is 0 Å². The zero-order valence-electron chi connectivity index (χ0n) is 21.0. The number of nitrogens with zero attached hydrogens (tertiary/aromatic N) is 3. The third-order valence-corrected chi connectivity index (χ3v) is 9.15. The predicted molar refractivity (Wildman–Crippen MR) is 153 cm³/mol. The van der Waals surface area contributed by atoms with Crippen LogP contribution in [0.1, 0.15) is 5.56 Å². The van der Waals surface area contributed by atoms with E-state index in [0.717, 1.165) is 37.5 Å². The van der Waals surface area contributed by atoms with Crippen molar-refractivity contribution in [3.8, 4) is 11.1 Å². The van der Waals surface area contributed by atoms with E-state index in [1.165, 1.54) is 4.57 Å². The minimum atomic E-state index is -1.59. The van der Waals surface area contributed by atoms with E-state index < -0.39 is 11.0 Å². The van der Waals surface area contributed by atoms with Gasteiger partial charge in [-0.15, -0.1) is 0 Å². The highest BCUT2D eigenvalue weighted by Crippen LogP contribution is 2.42. The van der Waals surface area contributed by atoms with E-state index >= 15 is 0 Å². The van der Waals surface area contributed by atoms with Crippen LogP contribution in [-0.4, -0.2) is 22.3 Å². The van der Waals surface area contributed by atoms with Crippen LogP contribution < -0.4 is 11.2 Å². The summed E-state index contributed by atoms with van der Waals surface area (Å²) in [5.74, 6) is 0.